The molecule has 1 saturated heterocycles. The maximum atomic E-state index is 12.6. The molecule has 2 heterocycles. The highest BCUT2D eigenvalue weighted by Gasteiger charge is 2.44. The van der Waals surface area contributed by atoms with Crippen LogP contribution >= 0.6 is 0 Å². The molecule has 0 aromatic carbocycles. The van der Waals surface area contributed by atoms with Gasteiger partial charge in [-0.1, -0.05) is 13.8 Å². The molecule has 2 rings (SSSR count). The number of piperidine rings is 1. The molecule has 20 heavy (non-hydrogen) atoms. The summed E-state index contributed by atoms with van der Waals surface area (Å²) in [6.45, 7) is 9.05. The molecule has 5 heteroatoms. The summed E-state index contributed by atoms with van der Waals surface area (Å²) in [5.41, 5.74) is 5.36. The summed E-state index contributed by atoms with van der Waals surface area (Å²) in [6, 6.07) is 0. The SMILES string of the molecule is CC(C)CC1(C)N=C(N)N(CC2CCCN(C)C2)C1=O. The summed E-state index contributed by atoms with van der Waals surface area (Å²) in [4.78, 5) is 21.2. The molecule has 2 atom stereocenters. The van der Waals surface area contributed by atoms with E-state index in [2.05, 4.69) is 30.8 Å². The van der Waals surface area contributed by atoms with E-state index in [-0.39, 0.29) is 5.91 Å². The number of hydrogen-bond acceptors (Lipinski definition) is 4. The van der Waals surface area contributed by atoms with Gasteiger partial charge in [-0.2, -0.15) is 0 Å². The van der Waals surface area contributed by atoms with Crippen molar-refractivity contribution in [1.82, 2.24) is 9.80 Å². The van der Waals surface area contributed by atoms with Gasteiger partial charge >= 0.3 is 0 Å². The minimum absolute atomic E-state index is 0.0805. The summed E-state index contributed by atoms with van der Waals surface area (Å²) in [5.74, 6) is 1.43. The predicted octanol–water partition coefficient (Wildman–Crippen LogP) is 1.29. The van der Waals surface area contributed by atoms with Gasteiger partial charge in [-0.3, -0.25) is 9.69 Å². The van der Waals surface area contributed by atoms with Crippen molar-refractivity contribution in [1.29, 1.82) is 0 Å². The molecule has 5 nitrogen and oxygen atoms in total. The van der Waals surface area contributed by atoms with Gasteiger partial charge in [0, 0.05) is 13.1 Å². The number of hydrogen-bond donors (Lipinski definition) is 1. The van der Waals surface area contributed by atoms with Crippen molar-refractivity contribution in [3.63, 3.8) is 0 Å². The van der Waals surface area contributed by atoms with Crippen LogP contribution in [0.15, 0.2) is 4.99 Å². The van der Waals surface area contributed by atoms with Crippen LogP contribution in [0.4, 0.5) is 0 Å². The lowest BCUT2D eigenvalue weighted by molar-refractivity contribution is -0.131. The van der Waals surface area contributed by atoms with Crippen molar-refractivity contribution in [2.24, 2.45) is 22.6 Å². The first-order valence-corrected chi connectivity index (χ1v) is 7.67. The van der Waals surface area contributed by atoms with Crippen molar-refractivity contribution in [3.8, 4) is 0 Å². The number of likely N-dealkylation sites (tertiary alicyclic amines) is 1. The van der Waals surface area contributed by atoms with Gasteiger partial charge in [0.2, 0.25) is 0 Å². The molecule has 0 saturated carbocycles. The molecular formula is C15H28N4O. The second-order valence-corrected chi connectivity index (χ2v) is 7.03. The van der Waals surface area contributed by atoms with Gasteiger partial charge in [0.25, 0.3) is 5.91 Å². The molecule has 1 fully saturated rings. The molecule has 1 amide bonds. The monoisotopic (exact) mass is 280 g/mol. The lowest BCUT2D eigenvalue weighted by atomic mass is 9.90. The third-order valence-electron chi connectivity index (χ3n) is 4.31. The minimum atomic E-state index is -0.654. The zero-order chi connectivity index (χ0) is 14.9. The van der Waals surface area contributed by atoms with E-state index in [1.807, 2.05) is 6.92 Å². The van der Waals surface area contributed by atoms with Crippen LogP contribution in [0.5, 0.6) is 0 Å². The van der Waals surface area contributed by atoms with Gasteiger partial charge in [-0.15, -0.1) is 0 Å². The zero-order valence-corrected chi connectivity index (χ0v) is 13.2. The smallest absolute Gasteiger partial charge is 0.257 e. The van der Waals surface area contributed by atoms with Crippen LogP contribution in [0.3, 0.4) is 0 Å². The van der Waals surface area contributed by atoms with E-state index >= 15 is 0 Å². The Morgan fingerprint density at radius 3 is 2.80 bits per heavy atom. The number of nitrogens with two attached hydrogens (primary N) is 1. The summed E-state index contributed by atoms with van der Waals surface area (Å²) in [5, 5.41) is 0. The Morgan fingerprint density at radius 2 is 2.20 bits per heavy atom. The number of guanidine groups is 1. The Bertz CT molecular complexity index is 407. The largest absolute Gasteiger partial charge is 0.369 e. The predicted molar refractivity (Wildman–Crippen MR) is 81.4 cm³/mol. The molecule has 2 aliphatic rings. The summed E-state index contributed by atoms with van der Waals surface area (Å²) >= 11 is 0. The summed E-state index contributed by atoms with van der Waals surface area (Å²) in [7, 11) is 2.14. The normalized spacial score (nSPS) is 32.0. The standard InChI is InChI=1S/C15H28N4O/c1-11(2)8-15(3)13(20)19(14(16)17-15)10-12-6-5-7-18(4)9-12/h11-12H,5-10H2,1-4H3,(H2,16,17). The van der Waals surface area contributed by atoms with Crippen LogP contribution < -0.4 is 5.73 Å². The second-order valence-electron chi connectivity index (χ2n) is 7.03. The number of nitrogens with zero attached hydrogens (tertiary/aromatic N) is 3. The molecule has 2 N–H and O–H groups in total. The van der Waals surface area contributed by atoms with Gasteiger partial charge in [0.1, 0.15) is 5.54 Å². The highest BCUT2D eigenvalue weighted by molar-refractivity contribution is 6.06. The molecule has 0 aromatic rings. The van der Waals surface area contributed by atoms with Crippen LogP contribution in [0.25, 0.3) is 0 Å². The third-order valence-corrected chi connectivity index (χ3v) is 4.31. The van der Waals surface area contributed by atoms with Crippen LogP contribution in [-0.2, 0) is 4.79 Å². The fraction of sp³-hybridized carbons (Fsp3) is 0.867. The Kier molecular flexibility index (Phi) is 4.37. The number of rotatable bonds is 4. The quantitative estimate of drug-likeness (QED) is 0.844. The topological polar surface area (TPSA) is 61.9 Å². The molecule has 0 radical (unpaired) electrons. The summed E-state index contributed by atoms with van der Waals surface area (Å²) < 4.78 is 0. The molecule has 114 valence electrons. The molecule has 0 bridgehead atoms. The first-order chi connectivity index (χ1) is 9.32. The average molecular weight is 280 g/mol. The van der Waals surface area contributed by atoms with Crippen molar-refractivity contribution < 1.29 is 4.79 Å². The van der Waals surface area contributed by atoms with Crippen LogP contribution in [-0.4, -0.2) is 53.9 Å². The zero-order valence-electron chi connectivity index (χ0n) is 13.2. The number of carbonyl (C=O) groups is 1. The minimum Gasteiger partial charge on any atom is -0.369 e. The number of aliphatic imine (C=N–C) groups is 1. The highest BCUT2D eigenvalue weighted by Crippen LogP contribution is 2.29. The van der Waals surface area contributed by atoms with Crippen molar-refractivity contribution in [2.45, 2.75) is 45.6 Å². The highest BCUT2D eigenvalue weighted by atomic mass is 16.2. The van der Waals surface area contributed by atoms with E-state index in [0.717, 1.165) is 19.5 Å². The fourth-order valence-electron chi connectivity index (χ4n) is 3.54. The number of amides is 1. The maximum Gasteiger partial charge on any atom is 0.257 e. The van der Waals surface area contributed by atoms with E-state index in [1.165, 1.54) is 12.8 Å². The van der Waals surface area contributed by atoms with Gasteiger partial charge in [0.15, 0.2) is 5.96 Å². The van der Waals surface area contributed by atoms with Crippen molar-refractivity contribution in [2.75, 3.05) is 26.7 Å². The van der Waals surface area contributed by atoms with Crippen LogP contribution in [0, 0.1) is 11.8 Å². The van der Waals surface area contributed by atoms with Gasteiger partial charge in [0.05, 0.1) is 0 Å². The lowest BCUT2D eigenvalue weighted by Crippen LogP contribution is -2.48. The van der Waals surface area contributed by atoms with E-state index in [4.69, 9.17) is 5.73 Å². The molecule has 0 spiro atoms. The second kappa shape index (κ2) is 5.72. The van der Waals surface area contributed by atoms with E-state index in [9.17, 15) is 4.79 Å². The van der Waals surface area contributed by atoms with Crippen molar-refractivity contribution >= 4 is 11.9 Å². The van der Waals surface area contributed by atoms with Crippen LogP contribution in [0.2, 0.25) is 0 Å². The van der Waals surface area contributed by atoms with E-state index in [1.54, 1.807) is 4.90 Å². The molecule has 0 aromatic heterocycles. The van der Waals surface area contributed by atoms with Gasteiger partial charge in [-0.25, -0.2) is 4.99 Å². The molecular weight excluding hydrogens is 252 g/mol. The Labute approximate surface area is 122 Å². The van der Waals surface area contributed by atoms with E-state index < -0.39 is 5.54 Å². The summed E-state index contributed by atoms with van der Waals surface area (Å²) in [6.07, 6.45) is 3.12. The van der Waals surface area contributed by atoms with Gasteiger partial charge in [-0.05, 0) is 51.6 Å². The fourth-order valence-corrected chi connectivity index (χ4v) is 3.54. The average Bonchev–Trinajstić information content (AvgIpc) is 2.52. The van der Waals surface area contributed by atoms with E-state index in [0.29, 0.717) is 24.3 Å². The molecule has 2 aliphatic heterocycles. The number of carbonyl (C=O) groups excluding carboxylic acids is 1. The van der Waals surface area contributed by atoms with Crippen molar-refractivity contribution in [3.05, 3.63) is 0 Å². The Hall–Kier alpha value is -1.10. The lowest BCUT2D eigenvalue weighted by Gasteiger charge is -2.32. The third kappa shape index (κ3) is 3.14. The Morgan fingerprint density at radius 1 is 1.50 bits per heavy atom. The first-order valence-electron chi connectivity index (χ1n) is 7.67. The molecule has 0 aliphatic carbocycles. The van der Waals surface area contributed by atoms with Gasteiger partial charge < -0.3 is 10.6 Å². The first kappa shape index (κ1) is 15.3. The molecule has 2 unspecified atom stereocenters. The maximum absolute atomic E-state index is 12.6. The Balaban J connectivity index is 2.03. The van der Waals surface area contributed by atoms with Crippen LogP contribution in [0.1, 0.15) is 40.0 Å².